The van der Waals surface area contributed by atoms with E-state index >= 15 is 0 Å². The molecule has 152 valence electrons. The molecule has 1 amide bonds. The number of benzene rings is 1. The topological polar surface area (TPSA) is 87.0 Å². The van der Waals surface area contributed by atoms with Gasteiger partial charge in [-0.2, -0.15) is 5.26 Å². The number of nitriles is 1. The lowest BCUT2D eigenvalue weighted by Crippen LogP contribution is -2.74. The Morgan fingerprint density at radius 2 is 1.90 bits per heavy atom. The summed E-state index contributed by atoms with van der Waals surface area (Å²) in [6, 6.07) is 10.5. The highest BCUT2D eigenvalue weighted by Crippen LogP contribution is 2.55. The van der Waals surface area contributed by atoms with Crippen LogP contribution >= 0.6 is 11.6 Å². The summed E-state index contributed by atoms with van der Waals surface area (Å²) in [5.41, 5.74) is 0.309. The molecule has 2 N–H and O–H groups in total. The van der Waals surface area contributed by atoms with Crippen molar-refractivity contribution in [1.29, 1.82) is 5.26 Å². The van der Waals surface area contributed by atoms with E-state index in [0.717, 1.165) is 0 Å². The van der Waals surface area contributed by atoms with Gasteiger partial charge in [0.2, 0.25) is 0 Å². The summed E-state index contributed by atoms with van der Waals surface area (Å²) in [6.07, 6.45) is 1.42. The minimum absolute atomic E-state index is 0.0923. The van der Waals surface area contributed by atoms with Gasteiger partial charge in [0, 0.05) is 36.2 Å². The number of ether oxygens (including phenoxy) is 1. The second-order valence-corrected chi connectivity index (χ2v) is 8.89. The number of anilines is 1. The first kappa shape index (κ1) is 20.9. The van der Waals surface area contributed by atoms with Crippen LogP contribution in [0.25, 0.3) is 0 Å². The maximum atomic E-state index is 12.7. The number of carbonyl (C=O) groups is 1. The molecule has 3 rings (SSSR count). The van der Waals surface area contributed by atoms with Crippen LogP contribution in [0.5, 0.6) is 5.75 Å². The summed E-state index contributed by atoms with van der Waals surface area (Å²) < 4.78 is 6.24. The molecule has 1 aliphatic rings. The van der Waals surface area contributed by atoms with Crippen LogP contribution in [0.1, 0.15) is 43.6 Å². The third-order valence-corrected chi connectivity index (χ3v) is 6.02. The number of amides is 1. The smallest absolute Gasteiger partial charge is 0.253 e. The lowest BCUT2D eigenvalue weighted by Gasteiger charge is -2.63. The number of nitrogens with one attached hydrogen (secondary N) is 2. The maximum absolute atomic E-state index is 12.7. The standard InChI is InChI=1S/C22H25ClN4O2/c1-21(2)19(27-18(28)14-7-9-17(25-5)26-12-14)22(3,4)20(21)29-15-8-6-13(11-24)16(23)10-15/h6-10,12,19-20H,1-5H3,(H,25,26)(H,27,28). The van der Waals surface area contributed by atoms with Gasteiger partial charge in [-0.3, -0.25) is 4.79 Å². The van der Waals surface area contributed by atoms with Gasteiger partial charge in [0.15, 0.2) is 0 Å². The molecule has 29 heavy (non-hydrogen) atoms. The van der Waals surface area contributed by atoms with Gasteiger partial charge < -0.3 is 15.4 Å². The fraction of sp³-hybridized carbons (Fsp3) is 0.409. The molecular formula is C22H25ClN4O2. The fourth-order valence-electron chi connectivity index (χ4n) is 4.49. The van der Waals surface area contributed by atoms with Crippen LogP contribution in [-0.4, -0.2) is 30.1 Å². The minimum atomic E-state index is -0.308. The number of rotatable bonds is 5. The minimum Gasteiger partial charge on any atom is -0.489 e. The second-order valence-electron chi connectivity index (χ2n) is 8.48. The summed E-state index contributed by atoms with van der Waals surface area (Å²) >= 11 is 6.13. The Morgan fingerprint density at radius 1 is 1.21 bits per heavy atom. The van der Waals surface area contributed by atoms with Crippen LogP contribution in [0.15, 0.2) is 36.5 Å². The molecule has 0 atom stereocenters. The van der Waals surface area contributed by atoms with E-state index in [1.54, 1.807) is 43.6 Å². The normalized spacial score (nSPS) is 21.4. The van der Waals surface area contributed by atoms with E-state index in [0.29, 0.717) is 27.7 Å². The zero-order valence-corrected chi connectivity index (χ0v) is 18.0. The molecule has 0 bridgehead atoms. The van der Waals surface area contributed by atoms with Crippen molar-refractivity contribution in [3.05, 3.63) is 52.7 Å². The quantitative estimate of drug-likeness (QED) is 0.766. The molecule has 2 aromatic rings. The molecule has 1 aromatic carbocycles. The molecule has 0 unspecified atom stereocenters. The van der Waals surface area contributed by atoms with E-state index in [4.69, 9.17) is 21.6 Å². The van der Waals surface area contributed by atoms with E-state index in [1.807, 2.05) is 6.07 Å². The summed E-state index contributed by atoms with van der Waals surface area (Å²) in [4.78, 5) is 16.9. The van der Waals surface area contributed by atoms with Crippen LogP contribution < -0.4 is 15.4 Å². The van der Waals surface area contributed by atoms with E-state index in [2.05, 4.69) is 43.3 Å². The molecule has 0 aliphatic heterocycles. The monoisotopic (exact) mass is 412 g/mol. The van der Waals surface area contributed by atoms with Crippen molar-refractivity contribution in [3.63, 3.8) is 0 Å². The van der Waals surface area contributed by atoms with Gasteiger partial charge >= 0.3 is 0 Å². The Bertz CT molecular complexity index is 948. The van der Waals surface area contributed by atoms with Crippen LogP contribution in [0.3, 0.4) is 0 Å². The summed E-state index contributed by atoms with van der Waals surface area (Å²) in [5.74, 6) is 1.16. The fourth-order valence-corrected chi connectivity index (χ4v) is 4.70. The summed E-state index contributed by atoms with van der Waals surface area (Å²) in [6.45, 7) is 8.28. The van der Waals surface area contributed by atoms with Gasteiger partial charge in [0.05, 0.1) is 16.1 Å². The van der Waals surface area contributed by atoms with Crippen molar-refractivity contribution in [1.82, 2.24) is 10.3 Å². The molecule has 1 aliphatic carbocycles. The Kier molecular flexibility index (Phi) is 5.46. The predicted molar refractivity (Wildman–Crippen MR) is 113 cm³/mol. The van der Waals surface area contributed by atoms with Gasteiger partial charge in [-0.25, -0.2) is 4.98 Å². The van der Waals surface area contributed by atoms with Crippen molar-refractivity contribution in [2.24, 2.45) is 10.8 Å². The molecule has 7 heteroatoms. The second kappa shape index (κ2) is 7.57. The maximum Gasteiger partial charge on any atom is 0.253 e. The van der Waals surface area contributed by atoms with Gasteiger partial charge in [-0.05, 0) is 24.3 Å². The number of hydrogen-bond acceptors (Lipinski definition) is 5. The highest BCUT2D eigenvalue weighted by molar-refractivity contribution is 6.31. The van der Waals surface area contributed by atoms with E-state index < -0.39 is 0 Å². The number of halogens is 1. The predicted octanol–water partition coefficient (Wildman–Crippen LogP) is 4.26. The number of hydrogen-bond donors (Lipinski definition) is 2. The molecule has 1 saturated carbocycles. The van der Waals surface area contributed by atoms with Crippen LogP contribution in [0, 0.1) is 22.2 Å². The molecule has 6 nitrogen and oxygen atoms in total. The first-order chi connectivity index (χ1) is 13.6. The molecule has 0 saturated heterocycles. The highest BCUT2D eigenvalue weighted by atomic mass is 35.5. The van der Waals surface area contributed by atoms with Gasteiger partial charge in [0.25, 0.3) is 5.91 Å². The third-order valence-electron chi connectivity index (χ3n) is 5.71. The summed E-state index contributed by atoms with van der Waals surface area (Å²) in [5, 5.41) is 15.5. The Morgan fingerprint density at radius 3 is 2.41 bits per heavy atom. The molecular weight excluding hydrogens is 388 g/mol. The lowest BCUT2D eigenvalue weighted by atomic mass is 9.49. The Hall–Kier alpha value is -2.78. The van der Waals surface area contributed by atoms with Crippen molar-refractivity contribution >= 4 is 23.3 Å². The third kappa shape index (κ3) is 3.75. The van der Waals surface area contributed by atoms with E-state index in [-0.39, 0.29) is 28.9 Å². The first-order valence-corrected chi connectivity index (χ1v) is 9.80. The lowest BCUT2D eigenvalue weighted by molar-refractivity contribution is -0.164. The molecule has 1 aromatic heterocycles. The SMILES string of the molecule is CNc1ccc(C(=O)NC2C(C)(C)C(Oc3ccc(C#N)c(Cl)c3)C2(C)C)cn1. The van der Waals surface area contributed by atoms with Crippen molar-refractivity contribution in [2.75, 3.05) is 12.4 Å². The molecule has 1 heterocycles. The van der Waals surface area contributed by atoms with Gasteiger partial charge in [0.1, 0.15) is 23.7 Å². The number of aromatic nitrogens is 1. The van der Waals surface area contributed by atoms with Crippen molar-refractivity contribution in [3.8, 4) is 11.8 Å². The zero-order valence-electron chi connectivity index (χ0n) is 17.2. The number of nitrogens with zero attached hydrogens (tertiary/aromatic N) is 2. The van der Waals surface area contributed by atoms with E-state index in [9.17, 15) is 4.79 Å². The van der Waals surface area contributed by atoms with Crippen LogP contribution in [-0.2, 0) is 0 Å². The molecule has 1 fully saturated rings. The van der Waals surface area contributed by atoms with Crippen molar-refractivity contribution in [2.45, 2.75) is 39.8 Å². The zero-order chi connectivity index (χ0) is 21.4. The first-order valence-electron chi connectivity index (χ1n) is 9.42. The van der Waals surface area contributed by atoms with Crippen LogP contribution in [0.2, 0.25) is 5.02 Å². The molecule has 0 radical (unpaired) electrons. The largest absolute Gasteiger partial charge is 0.489 e. The van der Waals surface area contributed by atoms with E-state index in [1.165, 1.54) is 0 Å². The van der Waals surface area contributed by atoms with Gasteiger partial charge in [-0.15, -0.1) is 0 Å². The summed E-state index contributed by atoms with van der Waals surface area (Å²) in [7, 11) is 1.78. The Labute approximate surface area is 176 Å². The average molecular weight is 413 g/mol. The number of pyridine rings is 1. The molecule has 0 spiro atoms. The highest BCUT2D eigenvalue weighted by Gasteiger charge is 2.64. The average Bonchev–Trinajstić information content (AvgIpc) is 2.69. The van der Waals surface area contributed by atoms with Crippen molar-refractivity contribution < 1.29 is 9.53 Å². The Balaban J connectivity index is 1.74. The van der Waals surface area contributed by atoms with Gasteiger partial charge in [-0.1, -0.05) is 39.3 Å². The van der Waals surface area contributed by atoms with Crippen LogP contribution in [0.4, 0.5) is 5.82 Å². The number of carbonyl (C=O) groups excluding carboxylic acids is 1.